The third-order valence-electron chi connectivity index (χ3n) is 4.29. The molecule has 1 aliphatic carbocycles. The van der Waals surface area contributed by atoms with Gasteiger partial charge in [-0.05, 0) is 50.4 Å². The number of rotatable bonds is 3. The first-order valence-electron chi connectivity index (χ1n) is 7.15. The molecule has 3 nitrogen and oxygen atoms in total. The van der Waals surface area contributed by atoms with Crippen molar-refractivity contribution < 1.29 is 4.79 Å². The first-order chi connectivity index (χ1) is 9.66. The van der Waals surface area contributed by atoms with Gasteiger partial charge in [-0.2, -0.15) is 0 Å². The van der Waals surface area contributed by atoms with Crippen molar-refractivity contribution in [1.82, 2.24) is 10.2 Å². The van der Waals surface area contributed by atoms with Crippen LogP contribution in [0.1, 0.15) is 36.0 Å². The van der Waals surface area contributed by atoms with Crippen molar-refractivity contribution in [3.8, 4) is 0 Å². The lowest BCUT2D eigenvalue weighted by atomic mass is 9.89. The fourth-order valence-corrected chi connectivity index (χ4v) is 3.46. The largest absolute Gasteiger partial charge is 0.331 e. The van der Waals surface area contributed by atoms with E-state index in [0.29, 0.717) is 27.7 Å². The van der Waals surface area contributed by atoms with Gasteiger partial charge < -0.3 is 10.2 Å². The fourth-order valence-electron chi connectivity index (χ4n) is 2.97. The summed E-state index contributed by atoms with van der Waals surface area (Å²) in [5.41, 5.74) is 0.565. The molecular weight excluding hydrogens is 295 g/mol. The third kappa shape index (κ3) is 2.67. The number of halogens is 2. The maximum absolute atomic E-state index is 12.9. The summed E-state index contributed by atoms with van der Waals surface area (Å²) in [7, 11) is 0. The van der Waals surface area contributed by atoms with E-state index in [1.54, 1.807) is 18.2 Å². The number of nitrogens with zero attached hydrogens (tertiary/aromatic N) is 1. The summed E-state index contributed by atoms with van der Waals surface area (Å²) in [6.45, 7) is 1.86. The summed E-state index contributed by atoms with van der Waals surface area (Å²) in [4.78, 5) is 14.9. The minimum absolute atomic E-state index is 0.0464. The van der Waals surface area contributed by atoms with Gasteiger partial charge in [-0.1, -0.05) is 23.2 Å². The lowest BCUT2D eigenvalue weighted by Gasteiger charge is -2.41. The highest BCUT2D eigenvalue weighted by Gasteiger charge is 2.36. The normalized spacial score (nSPS) is 22.6. The van der Waals surface area contributed by atoms with Crippen molar-refractivity contribution in [3.05, 3.63) is 33.8 Å². The molecule has 1 unspecified atom stereocenters. The molecule has 2 aliphatic rings. The van der Waals surface area contributed by atoms with Gasteiger partial charge in [-0.3, -0.25) is 4.79 Å². The summed E-state index contributed by atoms with van der Waals surface area (Å²) in [6, 6.07) is 5.77. The molecule has 1 aromatic rings. The number of hydrogen-bond acceptors (Lipinski definition) is 2. The first kappa shape index (κ1) is 14.2. The van der Waals surface area contributed by atoms with Crippen LogP contribution in [-0.2, 0) is 0 Å². The van der Waals surface area contributed by atoms with E-state index in [4.69, 9.17) is 23.2 Å². The minimum Gasteiger partial charge on any atom is -0.331 e. The van der Waals surface area contributed by atoms with Gasteiger partial charge >= 0.3 is 0 Å². The van der Waals surface area contributed by atoms with Gasteiger partial charge in [0, 0.05) is 23.7 Å². The van der Waals surface area contributed by atoms with Gasteiger partial charge in [0.2, 0.25) is 0 Å². The Balaban J connectivity index is 1.87. The number of benzene rings is 1. The molecule has 5 heteroatoms. The van der Waals surface area contributed by atoms with E-state index in [9.17, 15) is 4.79 Å². The molecule has 1 amide bonds. The van der Waals surface area contributed by atoms with Gasteiger partial charge in [0.1, 0.15) is 0 Å². The van der Waals surface area contributed by atoms with Crippen LogP contribution in [0.3, 0.4) is 0 Å². The zero-order valence-corrected chi connectivity index (χ0v) is 12.8. The Kier molecular flexibility index (Phi) is 4.20. The topological polar surface area (TPSA) is 32.3 Å². The Morgan fingerprint density at radius 2 is 2.00 bits per heavy atom. The van der Waals surface area contributed by atoms with E-state index in [-0.39, 0.29) is 5.91 Å². The van der Waals surface area contributed by atoms with Crippen LogP contribution in [0.4, 0.5) is 0 Å². The van der Waals surface area contributed by atoms with Crippen LogP contribution in [-0.4, -0.2) is 36.0 Å². The fraction of sp³-hybridized carbons (Fsp3) is 0.533. The summed E-state index contributed by atoms with van der Waals surface area (Å²) in [6.07, 6.45) is 4.44. The molecule has 108 valence electrons. The molecule has 0 spiro atoms. The average molecular weight is 313 g/mol. The van der Waals surface area contributed by atoms with Crippen molar-refractivity contribution in [2.75, 3.05) is 13.1 Å². The molecule has 3 rings (SSSR count). The van der Waals surface area contributed by atoms with Crippen molar-refractivity contribution in [2.24, 2.45) is 0 Å². The Morgan fingerprint density at radius 1 is 1.20 bits per heavy atom. The smallest absolute Gasteiger partial charge is 0.255 e. The summed E-state index contributed by atoms with van der Waals surface area (Å²) >= 11 is 12.1. The predicted molar refractivity (Wildman–Crippen MR) is 81.5 cm³/mol. The quantitative estimate of drug-likeness (QED) is 0.928. The Morgan fingerprint density at radius 3 is 2.55 bits per heavy atom. The SMILES string of the molecule is O=C(c1ccc(Cl)cc1Cl)N(C1CCC1)C1CCNC1. The molecule has 20 heavy (non-hydrogen) atoms. The highest BCUT2D eigenvalue weighted by atomic mass is 35.5. The van der Waals surface area contributed by atoms with Gasteiger partial charge in [0.15, 0.2) is 0 Å². The molecule has 1 saturated heterocycles. The molecule has 1 aromatic carbocycles. The second kappa shape index (κ2) is 5.92. The van der Waals surface area contributed by atoms with Crippen molar-refractivity contribution in [3.63, 3.8) is 0 Å². The number of carbonyl (C=O) groups excluding carboxylic acids is 1. The van der Waals surface area contributed by atoms with E-state index < -0.39 is 0 Å². The van der Waals surface area contributed by atoms with Crippen molar-refractivity contribution >= 4 is 29.1 Å². The van der Waals surface area contributed by atoms with Crippen molar-refractivity contribution in [2.45, 2.75) is 37.8 Å². The maximum Gasteiger partial charge on any atom is 0.255 e. The summed E-state index contributed by atoms with van der Waals surface area (Å²) < 4.78 is 0. The second-order valence-electron chi connectivity index (χ2n) is 5.57. The molecule has 1 aliphatic heterocycles. The van der Waals surface area contributed by atoms with Crippen LogP contribution in [0.25, 0.3) is 0 Å². The monoisotopic (exact) mass is 312 g/mol. The number of carbonyl (C=O) groups is 1. The Labute approximate surface area is 129 Å². The number of hydrogen-bond donors (Lipinski definition) is 1. The molecule has 0 bridgehead atoms. The van der Waals surface area contributed by atoms with Gasteiger partial charge in [-0.25, -0.2) is 0 Å². The summed E-state index contributed by atoms with van der Waals surface area (Å²) in [5.74, 6) is 0.0464. The van der Waals surface area contributed by atoms with Gasteiger partial charge in [-0.15, -0.1) is 0 Å². The zero-order valence-electron chi connectivity index (χ0n) is 11.2. The Bertz CT molecular complexity index is 511. The van der Waals surface area contributed by atoms with Gasteiger partial charge in [0.05, 0.1) is 10.6 Å². The van der Waals surface area contributed by atoms with Crippen LogP contribution in [0.2, 0.25) is 10.0 Å². The lowest BCUT2D eigenvalue weighted by molar-refractivity contribution is 0.0465. The van der Waals surface area contributed by atoms with E-state index in [1.165, 1.54) is 6.42 Å². The van der Waals surface area contributed by atoms with Crippen LogP contribution < -0.4 is 5.32 Å². The molecule has 1 atom stereocenters. The highest BCUT2D eigenvalue weighted by molar-refractivity contribution is 6.36. The molecule has 0 radical (unpaired) electrons. The number of nitrogens with one attached hydrogen (secondary N) is 1. The van der Waals surface area contributed by atoms with Crippen molar-refractivity contribution in [1.29, 1.82) is 0 Å². The first-order valence-corrected chi connectivity index (χ1v) is 7.91. The van der Waals surface area contributed by atoms with Crippen LogP contribution in [0.15, 0.2) is 18.2 Å². The molecule has 1 saturated carbocycles. The van der Waals surface area contributed by atoms with Gasteiger partial charge in [0.25, 0.3) is 5.91 Å². The summed E-state index contributed by atoms with van der Waals surface area (Å²) in [5, 5.41) is 4.34. The van der Waals surface area contributed by atoms with E-state index >= 15 is 0 Å². The van der Waals surface area contributed by atoms with E-state index in [0.717, 1.165) is 32.4 Å². The predicted octanol–water partition coefficient (Wildman–Crippen LogP) is 3.35. The van der Waals surface area contributed by atoms with Crippen LogP contribution in [0.5, 0.6) is 0 Å². The Hall–Kier alpha value is -0.770. The maximum atomic E-state index is 12.9. The average Bonchev–Trinajstić information content (AvgIpc) is 2.86. The molecule has 0 aromatic heterocycles. The molecule has 1 N–H and O–H groups in total. The van der Waals surface area contributed by atoms with Crippen LogP contribution >= 0.6 is 23.2 Å². The third-order valence-corrected chi connectivity index (χ3v) is 4.84. The van der Waals surface area contributed by atoms with E-state index in [2.05, 4.69) is 10.2 Å². The zero-order chi connectivity index (χ0) is 14.1. The standard InChI is InChI=1S/C15H18Cl2N2O/c16-10-4-5-13(14(17)8-10)15(20)19(11-2-1-3-11)12-6-7-18-9-12/h4-5,8,11-12,18H,1-3,6-7,9H2. The molecule has 1 heterocycles. The number of amides is 1. The molecular formula is C15H18Cl2N2O. The van der Waals surface area contributed by atoms with Crippen LogP contribution in [0, 0.1) is 0 Å². The minimum atomic E-state index is 0.0464. The lowest BCUT2D eigenvalue weighted by Crippen LogP contribution is -2.51. The second-order valence-corrected chi connectivity index (χ2v) is 6.41. The molecule has 2 fully saturated rings. The van der Waals surface area contributed by atoms with E-state index in [1.807, 2.05) is 0 Å². The highest BCUT2D eigenvalue weighted by Crippen LogP contribution is 2.31.